The number of hydrogen-bond acceptors (Lipinski definition) is 2. The molecule has 0 radical (unpaired) electrons. The van der Waals surface area contributed by atoms with Crippen molar-refractivity contribution < 1.29 is 9.47 Å². The van der Waals surface area contributed by atoms with Gasteiger partial charge >= 0.3 is 0 Å². The van der Waals surface area contributed by atoms with E-state index in [1.807, 2.05) is 0 Å². The molecule has 1 aliphatic heterocycles. The highest BCUT2D eigenvalue weighted by Gasteiger charge is 2.30. The standard InChI is InChI=1S/C9H18O2/c1-7(2)8-10-6-5-9(3,4)11-8/h7-8H,5-6H2,1-4H3. The SMILES string of the molecule is CC(C)C1OCCC(C)(C)O1. The number of rotatable bonds is 1. The Morgan fingerprint density at radius 2 is 2.00 bits per heavy atom. The molecule has 1 heterocycles. The zero-order valence-corrected chi connectivity index (χ0v) is 7.89. The Morgan fingerprint density at radius 3 is 2.36 bits per heavy atom. The Hall–Kier alpha value is -0.0800. The molecule has 0 bridgehead atoms. The molecular weight excluding hydrogens is 140 g/mol. The van der Waals surface area contributed by atoms with E-state index in [0.717, 1.165) is 13.0 Å². The summed E-state index contributed by atoms with van der Waals surface area (Å²) in [5.74, 6) is 0.453. The average molecular weight is 158 g/mol. The van der Waals surface area contributed by atoms with Gasteiger partial charge in [0.1, 0.15) is 0 Å². The first kappa shape index (κ1) is 9.01. The summed E-state index contributed by atoms with van der Waals surface area (Å²) in [5.41, 5.74) is 0.00713. The topological polar surface area (TPSA) is 18.5 Å². The molecule has 1 unspecified atom stereocenters. The van der Waals surface area contributed by atoms with Gasteiger partial charge in [-0.15, -0.1) is 0 Å². The van der Waals surface area contributed by atoms with Crippen LogP contribution in [0.4, 0.5) is 0 Å². The molecule has 0 N–H and O–H groups in total. The predicted octanol–water partition coefficient (Wildman–Crippen LogP) is 2.18. The van der Waals surface area contributed by atoms with Crippen LogP contribution < -0.4 is 0 Å². The van der Waals surface area contributed by atoms with Crippen LogP contribution in [0.5, 0.6) is 0 Å². The molecule has 0 aromatic rings. The highest BCUT2D eigenvalue weighted by molar-refractivity contribution is 4.73. The summed E-state index contributed by atoms with van der Waals surface area (Å²) in [5, 5.41) is 0. The molecule has 66 valence electrons. The molecule has 1 aliphatic rings. The lowest BCUT2D eigenvalue weighted by Gasteiger charge is -2.37. The third-order valence-electron chi connectivity index (χ3n) is 1.97. The summed E-state index contributed by atoms with van der Waals surface area (Å²) < 4.78 is 11.2. The first-order chi connectivity index (χ1) is 5.01. The fourth-order valence-corrected chi connectivity index (χ4v) is 1.16. The predicted molar refractivity (Wildman–Crippen MR) is 44.4 cm³/mol. The number of ether oxygens (including phenoxy) is 2. The van der Waals surface area contributed by atoms with Crippen LogP contribution in [0.2, 0.25) is 0 Å². The molecule has 0 aromatic carbocycles. The summed E-state index contributed by atoms with van der Waals surface area (Å²) in [6.07, 6.45) is 0.995. The Balaban J connectivity index is 2.46. The lowest BCUT2D eigenvalue weighted by Crippen LogP contribution is -2.41. The first-order valence-corrected chi connectivity index (χ1v) is 4.31. The van der Waals surface area contributed by atoms with Crippen LogP contribution in [-0.2, 0) is 9.47 Å². The van der Waals surface area contributed by atoms with Crippen LogP contribution in [0, 0.1) is 5.92 Å². The minimum Gasteiger partial charge on any atom is -0.352 e. The van der Waals surface area contributed by atoms with E-state index in [2.05, 4.69) is 27.7 Å². The van der Waals surface area contributed by atoms with Gasteiger partial charge in [0, 0.05) is 5.92 Å². The Bertz CT molecular complexity index is 130. The normalized spacial score (nSPS) is 30.8. The molecular formula is C9H18O2. The second-order valence-electron chi connectivity index (χ2n) is 4.11. The van der Waals surface area contributed by atoms with E-state index >= 15 is 0 Å². The monoisotopic (exact) mass is 158 g/mol. The van der Waals surface area contributed by atoms with E-state index in [-0.39, 0.29) is 11.9 Å². The van der Waals surface area contributed by atoms with Crippen molar-refractivity contribution in [3.63, 3.8) is 0 Å². The third-order valence-corrected chi connectivity index (χ3v) is 1.97. The van der Waals surface area contributed by atoms with Gasteiger partial charge in [-0.1, -0.05) is 13.8 Å². The van der Waals surface area contributed by atoms with Gasteiger partial charge in [-0.25, -0.2) is 0 Å². The van der Waals surface area contributed by atoms with Gasteiger partial charge in [0.15, 0.2) is 6.29 Å². The maximum Gasteiger partial charge on any atom is 0.160 e. The largest absolute Gasteiger partial charge is 0.352 e. The van der Waals surface area contributed by atoms with Gasteiger partial charge in [0.2, 0.25) is 0 Å². The van der Waals surface area contributed by atoms with Gasteiger partial charge in [0.25, 0.3) is 0 Å². The van der Waals surface area contributed by atoms with Crippen LogP contribution >= 0.6 is 0 Å². The third kappa shape index (κ3) is 2.46. The summed E-state index contributed by atoms with van der Waals surface area (Å²) in [6.45, 7) is 9.30. The van der Waals surface area contributed by atoms with Crippen molar-refractivity contribution in [1.82, 2.24) is 0 Å². The van der Waals surface area contributed by atoms with Gasteiger partial charge in [-0.2, -0.15) is 0 Å². The molecule has 2 heteroatoms. The van der Waals surface area contributed by atoms with Crippen molar-refractivity contribution in [3.8, 4) is 0 Å². The van der Waals surface area contributed by atoms with Crippen molar-refractivity contribution in [2.45, 2.75) is 46.0 Å². The molecule has 0 aliphatic carbocycles. The average Bonchev–Trinajstić information content (AvgIpc) is 1.85. The van der Waals surface area contributed by atoms with E-state index in [9.17, 15) is 0 Å². The molecule has 1 saturated heterocycles. The van der Waals surface area contributed by atoms with Crippen LogP contribution in [0.1, 0.15) is 34.1 Å². The first-order valence-electron chi connectivity index (χ1n) is 4.31. The van der Waals surface area contributed by atoms with Crippen LogP contribution in [0.25, 0.3) is 0 Å². The molecule has 0 saturated carbocycles. The van der Waals surface area contributed by atoms with E-state index in [4.69, 9.17) is 9.47 Å². The molecule has 2 nitrogen and oxygen atoms in total. The fraction of sp³-hybridized carbons (Fsp3) is 1.00. The molecule has 0 spiro atoms. The lowest BCUT2D eigenvalue weighted by molar-refractivity contribution is -0.260. The van der Waals surface area contributed by atoms with Gasteiger partial charge in [0.05, 0.1) is 12.2 Å². The Kier molecular flexibility index (Phi) is 2.55. The van der Waals surface area contributed by atoms with Crippen molar-refractivity contribution in [2.24, 2.45) is 5.92 Å². The second-order valence-corrected chi connectivity index (χ2v) is 4.11. The van der Waals surface area contributed by atoms with E-state index in [1.165, 1.54) is 0 Å². The minimum absolute atomic E-state index is 0.00116. The Morgan fingerprint density at radius 1 is 1.36 bits per heavy atom. The minimum atomic E-state index is -0.00116. The van der Waals surface area contributed by atoms with Crippen LogP contribution in [0.15, 0.2) is 0 Å². The van der Waals surface area contributed by atoms with Crippen LogP contribution in [0.3, 0.4) is 0 Å². The van der Waals surface area contributed by atoms with E-state index < -0.39 is 0 Å². The van der Waals surface area contributed by atoms with Crippen molar-refractivity contribution >= 4 is 0 Å². The van der Waals surface area contributed by atoms with E-state index in [0.29, 0.717) is 5.92 Å². The fourth-order valence-electron chi connectivity index (χ4n) is 1.16. The quantitative estimate of drug-likeness (QED) is 0.582. The maximum absolute atomic E-state index is 5.71. The summed E-state index contributed by atoms with van der Waals surface area (Å²) in [7, 11) is 0. The van der Waals surface area contributed by atoms with Gasteiger partial charge in [-0.05, 0) is 20.3 Å². The summed E-state index contributed by atoms with van der Waals surface area (Å²) >= 11 is 0. The smallest absolute Gasteiger partial charge is 0.160 e. The highest BCUT2D eigenvalue weighted by atomic mass is 16.7. The summed E-state index contributed by atoms with van der Waals surface area (Å²) in [4.78, 5) is 0. The van der Waals surface area contributed by atoms with Crippen molar-refractivity contribution in [2.75, 3.05) is 6.61 Å². The molecule has 11 heavy (non-hydrogen) atoms. The molecule has 1 atom stereocenters. The number of hydrogen-bond donors (Lipinski definition) is 0. The van der Waals surface area contributed by atoms with Crippen molar-refractivity contribution in [1.29, 1.82) is 0 Å². The molecule has 0 aromatic heterocycles. The van der Waals surface area contributed by atoms with E-state index in [1.54, 1.807) is 0 Å². The lowest BCUT2D eigenvalue weighted by atomic mass is 10.0. The summed E-state index contributed by atoms with van der Waals surface area (Å²) in [6, 6.07) is 0. The molecule has 1 fully saturated rings. The van der Waals surface area contributed by atoms with Gasteiger partial charge in [-0.3, -0.25) is 0 Å². The second kappa shape index (κ2) is 3.11. The van der Waals surface area contributed by atoms with Crippen molar-refractivity contribution in [3.05, 3.63) is 0 Å². The zero-order chi connectivity index (χ0) is 8.48. The van der Waals surface area contributed by atoms with Gasteiger partial charge < -0.3 is 9.47 Å². The Labute approximate surface area is 68.9 Å². The molecule has 0 amide bonds. The zero-order valence-electron chi connectivity index (χ0n) is 7.89. The molecule has 1 rings (SSSR count). The maximum atomic E-state index is 5.71. The highest BCUT2D eigenvalue weighted by Crippen LogP contribution is 2.26. The van der Waals surface area contributed by atoms with Crippen LogP contribution in [-0.4, -0.2) is 18.5 Å².